The van der Waals surface area contributed by atoms with Crippen LogP contribution in [0.15, 0.2) is 33.9 Å². The Hall–Kier alpha value is -2.23. The van der Waals surface area contributed by atoms with Crippen LogP contribution in [-0.2, 0) is 0 Å². The van der Waals surface area contributed by atoms with Crippen molar-refractivity contribution >= 4 is 40.4 Å². The van der Waals surface area contributed by atoms with E-state index in [1.165, 1.54) is 6.08 Å². The monoisotopic (exact) mass is 385 g/mol. The van der Waals surface area contributed by atoms with E-state index in [-0.39, 0.29) is 5.69 Å². The molecule has 7 nitrogen and oxygen atoms in total. The fourth-order valence-electron chi connectivity index (χ4n) is 1.55. The Morgan fingerprint density at radius 3 is 2.35 bits per heavy atom. The van der Waals surface area contributed by atoms with Gasteiger partial charge in [0.25, 0.3) is 0 Å². The van der Waals surface area contributed by atoms with Gasteiger partial charge in [0.05, 0.1) is 4.92 Å². The summed E-state index contributed by atoms with van der Waals surface area (Å²) in [5.74, 6) is 0. The number of aromatic amines is 2. The predicted octanol–water partition coefficient (Wildman–Crippen LogP) is 1.75. The molecule has 0 aliphatic rings. The van der Waals surface area contributed by atoms with Crippen LogP contribution in [0.5, 0.6) is 0 Å². The zero-order valence-electron chi connectivity index (χ0n) is 9.92. The van der Waals surface area contributed by atoms with Crippen LogP contribution in [0.1, 0.15) is 11.3 Å². The lowest BCUT2D eigenvalue weighted by Crippen LogP contribution is -2.25. The maximum absolute atomic E-state index is 11.4. The minimum atomic E-state index is -1.03. The molecule has 8 heteroatoms. The Kier molecular flexibility index (Phi) is 4.13. The number of nitrogens with zero attached hydrogens (tertiary/aromatic N) is 1. The average molecular weight is 385 g/mol. The maximum Gasteiger partial charge on any atom is 0.357 e. The van der Waals surface area contributed by atoms with E-state index in [4.69, 9.17) is 0 Å². The highest BCUT2D eigenvalue weighted by Crippen LogP contribution is 2.13. The number of H-pyrrole nitrogens is 2. The highest BCUT2D eigenvalue weighted by molar-refractivity contribution is 14.1. The first-order chi connectivity index (χ1) is 9.47. The third-order valence-corrected chi connectivity index (χ3v) is 3.16. The van der Waals surface area contributed by atoms with E-state index < -0.39 is 21.9 Å². The molecular formula is C12H8IN3O4. The zero-order valence-corrected chi connectivity index (χ0v) is 12.1. The van der Waals surface area contributed by atoms with Gasteiger partial charge in [-0.15, -0.1) is 0 Å². The lowest BCUT2D eigenvalue weighted by Gasteiger charge is -1.97. The molecule has 0 radical (unpaired) electrons. The third-order valence-electron chi connectivity index (χ3n) is 2.44. The molecule has 1 aromatic carbocycles. The van der Waals surface area contributed by atoms with E-state index in [1.807, 2.05) is 29.2 Å². The van der Waals surface area contributed by atoms with Gasteiger partial charge in [-0.25, -0.2) is 4.79 Å². The van der Waals surface area contributed by atoms with Crippen LogP contribution >= 0.6 is 22.6 Å². The summed E-state index contributed by atoms with van der Waals surface area (Å²) in [5, 5.41) is 10.8. The van der Waals surface area contributed by atoms with Crippen molar-refractivity contribution in [3.05, 3.63) is 70.0 Å². The largest absolute Gasteiger partial charge is 0.357 e. The molecule has 0 bridgehead atoms. The first kappa shape index (κ1) is 14.2. The van der Waals surface area contributed by atoms with Crippen molar-refractivity contribution in [2.24, 2.45) is 0 Å². The summed E-state index contributed by atoms with van der Waals surface area (Å²) in [6.45, 7) is 0. The number of hydrogen-bond acceptors (Lipinski definition) is 4. The second-order valence-corrected chi connectivity index (χ2v) is 5.06. The van der Waals surface area contributed by atoms with Gasteiger partial charge >= 0.3 is 16.9 Å². The first-order valence-electron chi connectivity index (χ1n) is 5.42. The summed E-state index contributed by atoms with van der Waals surface area (Å²) >= 11 is 2.15. The first-order valence-corrected chi connectivity index (χ1v) is 6.50. The van der Waals surface area contributed by atoms with Crippen LogP contribution in [0, 0.1) is 13.7 Å². The highest BCUT2D eigenvalue weighted by atomic mass is 127. The van der Waals surface area contributed by atoms with Crippen molar-refractivity contribution < 1.29 is 4.92 Å². The normalized spacial score (nSPS) is 10.8. The van der Waals surface area contributed by atoms with Crippen molar-refractivity contribution in [3.8, 4) is 0 Å². The van der Waals surface area contributed by atoms with Crippen LogP contribution in [0.2, 0.25) is 0 Å². The molecule has 0 saturated carbocycles. The zero-order chi connectivity index (χ0) is 14.7. The van der Waals surface area contributed by atoms with Crippen molar-refractivity contribution in [1.29, 1.82) is 0 Å². The molecule has 0 unspecified atom stereocenters. The Bertz CT molecular complexity index is 790. The van der Waals surface area contributed by atoms with E-state index in [0.29, 0.717) is 0 Å². The molecule has 2 rings (SSSR count). The summed E-state index contributed by atoms with van der Waals surface area (Å²) in [7, 11) is 0. The summed E-state index contributed by atoms with van der Waals surface area (Å²) in [6, 6.07) is 7.37. The van der Waals surface area contributed by atoms with E-state index >= 15 is 0 Å². The summed E-state index contributed by atoms with van der Waals surface area (Å²) in [5.41, 5.74) is -1.85. The van der Waals surface area contributed by atoms with Gasteiger partial charge in [-0.1, -0.05) is 18.2 Å². The van der Waals surface area contributed by atoms with Crippen molar-refractivity contribution in [2.45, 2.75) is 0 Å². The van der Waals surface area contributed by atoms with Crippen molar-refractivity contribution in [1.82, 2.24) is 9.97 Å². The van der Waals surface area contributed by atoms with Gasteiger partial charge in [0.15, 0.2) is 0 Å². The van der Waals surface area contributed by atoms with Gasteiger partial charge in [-0.2, -0.15) is 0 Å². The number of rotatable bonds is 3. The van der Waals surface area contributed by atoms with E-state index in [1.54, 1.807) is 6.08 Å². The van der Waals surface area contributed by atoms with Crippen LogP contribution in [0.3, 0.4) is 0 Å². The SMILES string of the molecule is O=c1[nH]c(/C=C/c2ccc(I)cc2)c([N+](=O)[O-])c(=O)[nH]1. The standard InChI is InChI=1S/C12H8IN3O4/c13-8-4-1-7(2-5-8)3-6-9-10(16(19)20)11(17)15-12(18)14-9/h1-6H,(H2,14,15,17,18)/b6-3+. The molecule has 0 fully saturated rings. The summed E-state index contributed by atoms with van der Waals surface area (Å²) in [4.78, 5) is 36.6. The molecule has 0 aliphatic carbocycles. The molecule has 20 heavy (non-hydrogen) atoms. The minimum Gasteiger partial charge on any atom is -0.301 e. The van der Waals surface area contributed by atoms with Gasteiger partial charge in [0.1, 0.15) is 5.69 Å². The number of hydrogen-bond donors (Lipinski definition) is 2. The lowest BCUT2D eigenvalue weighted by atomic mass is 10.2. The highest BCUT2D eigenvalue weighted by Gasteiger charge is 2.18. The molecule has 102 valence electrons. The predicted molar refractivity (Wildman–Crippen MR) is 82.4 cm³/mol. The average Bonchev–Trinajstić information content (AvgIpc) is 2.36. The molecule has 0 amide bonds. The molecule has 2 N–H and O–H groups in total. The Labute approximate surface area is 125 Å². The quantitative estimate of drug-likeness (QED) is 0.477. The summed E-state index contributed by atoms with van der Waals surface area (Å²) in [6.07, 6.45) is 2.91. The van der Waals surface area contributed by atoms with Crippen molar-refractivity contribution in [2.75, 3.05) is 0 Å². The number of nitrogens with one attached hydrogen (secondary N) is 2. The minimum absolute atomic E-state index is 0.137. The topological polar surface area (TPSA) is 109 Å². The molecule has 0 aliphatic heterocycles. The molecular weight excluding hydrogens is 377 g/mol. The van der Waals surface area contributed by atoms with Gasteiger partial charge in [0.2, 0.25) is 0 Å². The van der Waals surface area contributed by atoms with E-state index in [0.717, 1.165) is 9.13 Å². The van der Waals surface area contributed by atoms with E-state index in [2.05, 4.69) is 27.6 Å². The second kappa shape index (κ2) is 5.82. The molecule has 0 atom stereocenters. The summed E-state index contributed by atoms with van der Waals surface area (Å²) < 4.78 is 1.05. The van der Waals surface area contributed by atoms with Crippen LogP contribution in [0.25, 0.3) is 12.2 Å². The molecule has 0 saturated heterocycles. The van der Waals surface area contributed by atoms with Crippen molar-refractivity contribution in [3.63, 3.8) is 0 Å². The number of aromatic nitrogens is 2. The smallest absolute Gasteiger partial charge is 0.301 e. The Balaban J connectivity index is 2.48. The fourth-order valence-corrected chi connectivity index (χ4v) is 1.91. The van der Waals surface area contributed by atoms with Crippen LogP contribution in [0.4, 0.5) is 5.69 Å². The Morgan fingerprint density at radius 2 is 1.75 bits per heavy atom. The number of benzene rings is 1. The van der Waals surface area contributed by atoms with Crippen LogP contribution < -0.4 is 11.2 Å². The van der Waals surface area contributed by atoms with Gasteiger partial charge in [0, 0.05) is 3.57 Å². The number of nitro groups is 1. The van der Waals surface area contributed by atoms with E-state index in [9.17, 15) is 19.7 Å². The molecule has 1 heterocycles. The fraction of sp³-hybridized carbons (Fsp3) is 0. The lowest BCUT2D eigenvalue weighted by molar-refractivity contribution is -0.386. The molecule has 1 aromatic heterocycles. The third kappa shape index (κ3) is 3.20. The molecule has 0 spiro atoms. The maximum atomic E-state index is 11.4. The second-order valence-electron chi connectivity index (χ2n) is 3.81. The van der Waals surface area contributed by atoms with Gasteiger partial charge in [-0.3, -0.25) is 19.9 Å². The Morgan fingerprint density at radius 1 is 1.10 bits per heavy atom. The van der Waals surface area contributed by atoms with Gasteiger partial charge < -0.3 is 4.98 Å². The molecule has 2 aromatic rings. The number of halogens is 1. The van der Waals surface area contributed by atoms with Crippen LogP contribution in [-0.4, -0.2) is 14.9 Å². The van der Waals surface area contributed by atoms with Gasteiger partial charge in [-0.05, 0) is 46.4 Å².